The molecule has 2 heterocycles. The summed E-state index contributed by atoms with van der Waals surface area (Å²) in [5.74, 6) is -2.62. The van der Waals surface area contributed by atoms with Gasteiger partial charge in [0.1, 0.15) is 17.2 Å². The summed E-state index contributed by atoms with van der Waals surface area (Å²) in [4.78, 5) is 21.3. The molecule has 4 N–H and O–H groups in total. The molecular formula is C20H21F2N7O3S. The van der Waals surface area contributed by atoms with Crippen molar-refractivity contribution in [3.8, 4) is 0 Å². The molecule has 1 aliphatic carbocycles. The number of benzene rings is 1. The number of nitrogens with one attached hydrogen (secondary N) is 2. The van der Waals surface area contributed by atoms with E-state index in [2.05, 4.69) is 25.5 Å². The number of amides is 1. The van der Waals surface area contributed by atoms with Crippen molar-refractivity contribution in [3.63, 3.8) is 0 Å². The maximum absolute atomic E-state index is 14.8. The second-order valence-corrected chi connectivity index (χ2v) is 9.92. The Hall–Kier alpha value is -3.61. The van der Waals surface area contributed by atoms with Gasteiger partial charge in [0.15, 0.2) is 27.3 Å². The van der Waals surface area contributed by atoms with Gasteiger partial charge < -0.3 is 16.0 Å². The van der Waals surface area contributed by atoms with Gasteiger partial charge in [0.25, 0.3) is 5.91 Å². The highest BCUT2D eigenvalue weighted by Crippen LogP contribution is 2.45. The van der Waals surface area contributed by atoms with Crippen LogP contribution < -0.4 is 16.0 Å². The predicted molar refractivity (Wildman–Crippen MR) is 117 cm³/mol. The lowest BCUT2D eigenvalue weighted by Crippen LogP contribution is -2.23. The van der Waals surface area contributed by atoms with E-state index in [1.807, 2.05) is 0 Å². The van der Waals surface area contributed by atoms with Crippen LogP contribution in [0.25, 0.3) is 0 Å². The third-order valence-corrected chi connectivity index (χ3v) is 6.25. The highest BCUT2D eigenvalue weighted by Gasteiger charge is 2.34. The van der Waals surface area contributed by atoms with Crippen molar-refractivity contribution in [3.05, 3.63) is 46.8 Å². The van der Waals surface area contributed by atoms with Crippen LogP contribution in [0.3, 0.4) is 0 Å². The molecular weight excluding hydrogens is 456 g/mol. The van der Waals surface area contributed by atoms with Crippen LogP contribution in [0.4, 0.5) is 32.1 Å². The summed E-state index contributed by atoms with van der Waals surface area (Å²) in [6.45, 7) is 1.81. The molecule has 174 valence electrons. The number of nitrogens with zero attached hydrogens (tertiary/aromatic N) is 4. The van der Waals surface area contributed by atoms with Crippen LogP contribution in [0.2, 0.25) is 0 Å². The van der Waals surface area contributed by atoms with Crippen LogP contribution in [0, 0.1) is 18.6 Å². The number of sulfone groups is 1. The number of nitrogens with two attached hydrogens (primary N) is 1. The Morgan fingerprint density at radius 2 is 1.85 bits per heavy atom. The minimum atomic E-state index is -3.83. The molecule has 2 aromatic heterocycles. The number of primary amides is 1. The van der Waals surface area contributed by atoms with Crippen LogP contribution in [-0.2, 0) is 9.84 Å². The van der Waals surface area contributed by atoms with Crippen molar-refractivity contribution in [1.82, 2.24) is 20.2 Å². The zero-order chi connectivity index (χ0) is 24.1. The van der Waals surface area contributed by atoms with Gasteiger partial charge in [-0.2, -0.15) is 10.1 Å². The number of anilines is 4. The minimum Gasteiger partial charge on any atom is -0.364 e. The number of aromatic amines is 1. The molecule has 4 rings (SSSR count). The van der Waals surface area contributed by atoms with Crippen molar-refractivity contribution in [2.24, 2.45) is 5.73 Å². The van der Waals surface area contributed by atoms with E-state index in [4.69, 9.17) is 5.73 Å². The summed E-state index contributed by atoms with van der Waals surface area (Å²) in [5.41, 5.74) is 6.20. The summed E-state index contributed by atoms with van der Waals surface area (Å²) in [5, 5.41) is 9.90. The molecule has 1 aliphatic rings. The van der Waals surface area contributed by atoms with E-state index in [1.165, 1.54) is 7.05 Å². The SMILES string of the molecule is Cc1cc(Nc2nc(N(C)c3c(F)cc(S(C)(=O)=O)cc3F)nc(C(N)=O)c2C2CC2)n[nH]1. The topological polar surface area (TPSA) is 147 Å². The average molecular weight is 477 g/mol. The zero-order valence-corrected chi connectivity index (χ0v) is 18.8. The zero-order valence-electron chi connectivity index (χ0n) is 18.0. The monoisotopic (exact) mass is 477 g/mol. The Bertz CT molecular complexity index is 1350. The Morgan fingerprint density at radius 1 is 1.21 bits per heavy atom. The van der Waals surface area contributed by atoms with Crippen molar-refractivity contribution < 1.29 is 22.0 Å². The molecule has 0 radical (unpaired) electrons. The minimum absolute atomic E-state index is 0.0110. The van der Waals surface area contributed by atoms with Gasteiger partial charge in [-0.3, -0.25) is 9.89 Å². The molecule has 33 heavy (non-hydrogen) atoms. The fourth-order valence-electron chi connectivity index (χ4n) is 3.43. The molecule has 0 saturated heterocycles. The maximum Gasteiger partial charge on any atom is 0.267 e. The Kier molecular flexibility index (Phi) is 5.52. The van der Waals surface area contributed by atoms with Crippen LogP contribution in [0.15, 0.2) is 23.1 Å². The van der Waals surface area contributed by atoms with Crippen molar-refractivity contribution in [2.75, 3.05) is 23.5 Å². The van der Waals surface area contributed by atoms with E-state index < -0.39 is 38.0 Å². The van der Waals surface area contributed by atoms with Gasteiger partial charge in [-0.25, -0.2) is 22.2 Å². The van der Waals surface area contributed by atoms with E-state index in [9.17, 15) is 22.0 Å². The summed E-state index contributed by atoms with van der Waals surface area (Å²) >= 11 is 0. The molecule has 1 saturated carbocycles. The number of halogens is 2. The van der Waals surface area contributed by atoms with Crippen LogP contribution in [0.5, 0.6) is 0 Å². The molecule has 10 nitrogen and oxygen atoms in total. The summed E-state index contributed by atoms with van der Waals surface area (Å²) < 4.78 is 53.0. The molecule has 1 fully saturated rings. The maximum atomic E-state index is 14.8. The molecule has 0 aliphatic heterocycles. The van der Waals surface area contributed by atoms with Gasteiger partial charge >= 0.3 is 0 Å². The lowest BCUT2D eigenvalue weighted by Gasteiger charge is -2.22. The van der Waals surface area contributed by atoms with E-state index in [0.29, 0.717) is 23.5 Å². The molecule has 0 spiro atoms. The van der Waals surface area contributed by atoms with E-state index in [-0.39, 0.29) is 23.4 Å². The van der Waals surface area contributed by atoms with Gasteiger partial charge in [-0.05, 0) is 37.8 Å². The lowest BCUT2D eigenvalue weighted by atomic mass is 10.1. The van der Waals surface area contributed by atoms with E-state index >= 15 is 0 Å². The van der Waals surface area contributed by atoms with Crippen LogP contribution in [-0.4, -0.2) is 47.8 Å². The largest absolute Gasteiger partial charge is 0.364 e. The second-order valence-electron chi connectivity index (χ2n) is 7.90. The van der Waals surface area contributed by atoms with Gasteiger partial charge in [-0.15, -0.1) is 0 Å². The van der Waals surface area contributed by atoms with Crippen LogP contribution in [0.1, 0.15) is 40.5 Å². The standard InChI is InChI=1S/C20H21F2N7O3S/c1-9-6-14(28-27-9)24-19-15(10-4-5-10)16(18(23)30)25-20(26-19)29(2)17-12(21)7-11(8-13(17)22)33(3,31)32/h6-8,10H,4-5H2,1-3H3,(H2,23,30)(H2,24,25,26,27,28). The average Bonchev–Trinajstić information content (AvgIpc) is 3.47. The van der Waals surface area contributed by atoms with E-state index in [0.717, 1.165) is 29.7 Å². The number of hydrogen-bond donors (Lipinski definition) is 3. The molecule has 0 atom stereocenters. The summed E-state index contributed by atoms with van der Waals surface area (Å²) in [6.07, 6.45) is 2.46. The molecule has 13 heteroatoms. The fourth-order valence-corrected chi connectivity index (χ4v) is 4.06. The van der Waals surface area contributed by atoms with Gasteiger partial charge in [0.05, 0.1) is 4.90 Å². The number of carbonyl (C=O) groups excluding carboxylic acids is 1. The molecule has 0 unspecified atom stereocenters. The predicted octanol–water partition coefficient (Wildman–Crippen LogP) is 2.68. The fraction of sp³-hybridized carbons (Fsp3) is 0.300. The van der Waals surface area contributed by atoms with Crippen molar-refractivity contribution >= 4 is 39.0 Å². The Labute approximate surface area is 188 Å². The number of aryl methyl sites for hydroxylation is 1. The number of aromatic nitrogens is 4. The quantitative estimate of drug-likeness (QED) is 0.471. The molecule has 3 aromatic rings. The molecule has 1 amide bonds. The first-order valence-electron chi connectivity index (χ1n) is 9.89. The second kappa shape index (κ2) is 8.06. The van der Waals surface area contributed by atoms with Crippen molar-refractivity contribution in [1.29, 1.82) is 0 Å². The number of rotatable bonds is 7. The Morgan fingerprint density at radius 3 is 2.33 bits per heavy atom. The number of carbonyl (C=O) groups is 1. The van der Waals surface area contributed by atoms with Crippen molar-refractivity contribution in [2.45, 2.75) is 30.6 Å². The van der Waals surface area contributed by atoms with Gasteiger partial charge in [-0.1, -0.05) is 0 Å². The summed E-state index contributed by atoms with van der Waals surface area (Å²) in [7, 11) is -2.54. The first kappa shape index (κ1) is 22.6. The van der Waals surface area contributed by atoms with E-state index in [1.54, 1.807) is 13.0 Å². The van der Waals surface area contributed by atoms with Crippen LogP contribution >= 0.6 is 0 Å². The number of H-pyrrole nitrogens is 1. The third kappa shape index (κ3) is 4.49. The number of hydrogen-bond acceptors (Lipinski definition) is 8. The smallest absolute Gasteiger partial charge is 0.267 e. The summed E-state index contributed by atoms with van der Waals surface area (Å²) in [6, 6.07) is 3.14. The van der Waals surface area contributed by atoms with Gasteiger partial charge in [0.2, 0.25) is 5.95 Å². The molecule has 0 bridgehead atoms. The Balaban J connectivity index is 1.85. The highest BCUT2D eigenvalue weighted by molar-refractivity contribution is 7.90. The normalized spacial score (nSPS) is 13.7. The first-order chi connectivity index (χ1) is 15.5. The highest BCUT2D eigenvalue weighted by atomic mass is 32.2. The lowest BCUT2D eigenvalue weighted by molar-refractivity contribution is 0.0994. The molecule has 1 aromatic carbocycles. The van der Waals surface area contributed by atoms with Gasteiger partial charge in [0, 0.05) is 30.6 Å². The third-order valence-electron chi connectivity index (χ3n) is 5.16. The first-order valence-corrected chi connectivity index (χ1v) is 11.8.